The molecular weight excluding hydrogens is 280 g/mol. The number of ether oxygens (including phenoxy) is 1. The Morgan fingerprint density at radius 1 is 1.35 bits per heavy atom. The van der Waals surface area contributed by atoms with E-state index < -0.39 is 6.09 Å². The molecular formula is C14H13ClN2O3. The number of furan rings is 1. The van der Waals surface area contributed by atoms with Crippen molar-refractivity contribution >= 4 is 23.9 Å². The number of carbonyl (C=O) groups excluding carboxylic acids is 1. The summed E-state index contributed by atoms with van der Waals surface area (Å²) in [7, 11) is 0. The minimum absolute atomic E-state index is 0.294. The van der Waals surface area contributed by atoms with Crippen LogP contribution in [0, 0.1) is 0 Å². The highest BCUT2D eigenvalue weighted by Crippen LogP contribution is 2.23. The van der Waals surface area contributed by atoms with E-state index in [2.05, 4.69) is 15.3 Å². The molecule has 1 amide bonds. The summed E-state index contributed by atoms with van der Waals surface area (Å²) >= 11 is 5.82. The number of hydrogen-bond donors (Lipinski definition) is 1. The van der Waals surface area contributed by atoms with Gasteiger partial charge in [0.15, 0.2) is 0 Å². The number of nitrogens with zero attached hydrogens (tertiary/aromatic N) is 1. The summed E-state index contributed by atoms with van der Waals surface area (Å²) in [5, 5.41) is 4.38. The Bertz CT molecular complexity index is 605. The van der Waals surface area contributed by atoms with Crippen LogP contribution in [0.1, 0.15) is 12.7 Å². The lowest BCUT2D eigenvalue weighted by Crippen LogP contribution is -2.18. The standard InChI is InChI=1S/C14H13ClN2O3/c1-2-19-14(18)17-16-9-12-7-8-13(20-12)10-3-5-11(15)6-4-10/h3-9H,2H2,1H3,(H,17,18)/b16-9+. The maximum absolute atomic E-state index is 11.0. The van der Waals surface area contributed by atoms with Gasteiger partial charge in [-0.2, -0.15) is 5.10 Å². The molecule has 0 fully saturated rings. The van der Waals surface area contributed by atoms with E-state index in [1.54, 1.807) is 25.1 Å². The van der Waals surface area contributed by atoms with Gasteiger partial charge in [0.25, 0.3) is 0 Å². The van der Waals surface area contributed by atoms with Gasteiger partial charge in [0.05, 0.1) is 12.8 Å². The minimum Gasteiger partial charge on any atom is -0.455 e. The molecule has 0 spiro atoms. The summed E-state index contributed by atoms with van der Waals surface area (Å²) in [5.74, 6) is 1.21. The van der Waals surface area contributed by atoms with E-state index >= 15 is 0 Å². The summed E-state index contributed by atoms with van der Waals surface area (Å²) in [5.41, 5.74) is 3.13. The molecule has 0 bridgehead atoms. The summed E-state index contributed by atoms with van der Waals surface area (Å²) in [6.45, 7) is 2.01. The van der Waals surface area contributed by atoms with E-state index in [9.17, 15) is 4.79 Å². The van der Waals surface area contributed by atoms with Gasteiger partial charge in [-0.3, -0.25) is 0 Å². The Morgan fingerprint density at radius 2 is 2.10 bits per heavy atom. The van der Waals surface area contributed by atoms with Gasteiger partial charge in [-0.1, -0.05) is 11.6 Å². The van der Waals surface area contributed by atoms with Crippen LogP contribution < -0.4 is 5.43 Å². The van der Waals surface area contributed by atoms with Crippen LogP contribution in [0.4, 0.5) is 4.79 Å². The number of carbonyl (C=O) groups is 1. The average molecular weight is 293 g/mol. The number of amides is 1. The monoisotopic (exact) mass is 292 g/mol. The van der Waals surface area contributed by atoms with Gasteiger partial charge < -0.3 is 9.15 Å². The first-order valence-electron chi connectivity index (χ1n) is 6.00. The van der Waals surface area contributed by atoms with Crippen molar-refractivity contribution in [3.8, 4) is 11.3 Å². The summed E-state index contributed by atoms with van der Waals surface area (Å²) in [6, 6.07) is 10.9. The normalized spacial score (nSPS) is 10.7. The molecule has 1 N–H and O–H groups in total. The highest BCUT2D eigenvalue weighted by molar-refractivity contribution is 6.30. The smallest absolute Gasteiger partial charge is 0.427 e. The SMILES string of the molecule is CCOC(=O)N/N=C/c1ccc(-c2ccc(Cl)cc2)o1. The summed E-state index contributed by atoms with van der Waals surface area (Å²) < 4.78 is 10.2. The van der Waals surface area contributed by atoms with Crippen LogP contribution in [-0.4, -0.2) is 18.9 Å². The molecule has 0 aliphatic rings. The maximum atomic E-state index is 11.0. The van der Waals surface area contributed by atoms with Gasteiger partial charge in [-0.25, -0.2) is 10.2 Å². The molecule has 6 heteroatoms. The number of benzene rings is 1. The highest BCUT2D eigenvalue weighted by atomic mass is 35.5. The Morgan fingerprint density at radius 3 is 2.80 bits per heavy atom. The van der Waals surface area contributed by atoms with Gasteiger partial charge in [-0.05, 0) is 43.3 Å². The van der Waals surface area contributed by atoms with Gasteiger partial charge in [0.1, 0.15) is 11.5 Å². The second-order valence-electron chi connectivity index (χ2n) is 3.80. The van der Waals surface area contributed by atoms with E-state index in [-0.39, 0.29) is 0 Å². The van der Waals surface area contributed by atoms with Crippen molar-refractivity contribution < 1.29 is 13.9 Å². The molecule has 20 heavy (non-hydrogen) atoms. The first kappa shape index (κ1) is 14.1. The van der Waals surface area contributed by atoms with Crippen molar-refractivity contribution in [2.45, 2.75) is 6.92 Å². The molecule has 2 rings (SSSR count). The van der Waals surface area contributed by atoms with Crippen LogP contribution in [0.25, 0.3) is 11.3 Å². The van der Waals surface area contributed by atoms with Gasteiger partial charge in [0.2, 0.25) is 0 Å². The van der Waals surface area contributed by atoms with E-state index in [0.29, 0.717) is 23.2 Å². The van der Waals surface area contributed by atoms with E-state index in [0.717, 1.165) is 5.56 Å². The highest BCUT2D eigenvalue weighted by Gasteiger charge is 2.03. The third-order valence-corrected chi connectivity index (χ3v) is 2.63. The predicted octanol–water partition coefficient (Wildman–Crippen LogP) is 3.68. The van der Waals surface area contributed by atoms with E-state index in [1.165, 1.54) is 6.21 Å². The lowest BCUT2D eigenvalue weighted by molar-refractivity contribution is 0.152. The number of nitrogens with one attached hydrogen (secondary N) is 1. The molecule has 0 radical (unpaired) electrons. The molecule has 5 nitrogen and oxygen atoms in total. The molecule has 104 valence electrons. The zero-order valence-corrected chi connectivity index (χ0v) is 11.6. The minimum atomic E-state index is -0.603. The van der Waals surface area contributed by atoms with Gasteiger partial charge >= 0.3 is 6.09 Å². The number of hydrazone groups is 1. The first-order valence-corrected chi connectivity index (χ1v) is 6.38. The molecule has 0 atom stereocenters. The molecule has 0 aliphatic carbocycles. The Kier molecular flexibility index (Phi) is 4.79. The third-order valence-electron chi connectivity index (χ3n) is 2.38. The number of halogens is 1. The third kappa shape index (κ3) is 3.86. The van der Waals surface area contributed by atoms with Gasteiger partial charge in [0, 0.05) is 10.6 Å². The molecule has 2 aromatic rings. The zero-order valence-electron chi connectivity index (χ0n) is 10.8. The van der Waals surface area contributed by atoms with Crippen LogP contribution in [0.15, 0.2) is 45.9 Å². The number of rotatable bonds is 4. The maximum Gasteiger partial charge on any atom is 0.427 e. The van der Waals surface area contributed by atoms with Crippen molar-refractivity contribution in [2.75, 3.05) is 6.61 Å². The Labute approximate surface area is 121 Å². The molecule has 1 aromatic carbocycles. The van der Waals surface area contributed by atoms with Crippen LogP contribution in [0.5, 0.6) is 0 Å². The fourth-order valence-electron chi connectivity index (χ4n) is 1.50. The van der Waals surface area contributed by atoms with Crippen LogP contribution >= 0.6 is 11.6 Å². The molecule has 1 aromatic heterocycles. The molecule has 0 aliphatic heterocycles. The lowest BCUT2D eigenvalue weighted by Gasteiger charge is -1.98. The quantitative estimate of drug-likeness (QED) is 0.690. The molecule has 0 saturated carbocycles. The topological polar surface area (TPSA) is 63.8 Å². The summed E-state index contributed by atoms with van der Waals surface area (Å²) in [4.78, 5) is 11.0. The molecule has 1 heterocycles. The second kappa shape index (κ2) is 6.77. The zero-order chi connectivity index (χ0) is 14.4. The van der Waals surface area contributed by atoms with Crippen LogP contribution in [0.3, 0.4) is 0 Å². The molecule has 0 saturated heterocycles. The number of hydrogen-bond acceptors (Lipinski definition) is 4. The Balaban J connectivity index is 2.00. The van der Waals surface area contributed by atoms with Crippen LogP contribution in [0.2, 0.25) is 5.02 Å². The molecule has 0 unspecified atom stereocenters. The predicted molar refractivity (Wildman–Crippen MR) is 76.9 cm³/mol. The lowest BCUT2D eigenvalue weighted by atomic mass is 10.2. The van der Waals surface area contributed by atoms with Crippen molar-refractivity contribution in [3.05, 3.63) is 47.2 Å². The van der Waals surface area contributed by atoms with Crippen molar-refractivity contribution in [1.29, 1.82) is 0 Å². The Hall–Kier alpha value is -2.27. The van der Waals surface area contributed by atoms with Crippen molar-refractivity contribution in [1.82, 2.24) is 5.43 Å². The fourth-order valence-corrected chi connectivity index (χ4v) is 1.63. The van der Waals surface area contributed by atoms with Gasteiger partial charge in [-0.15, -0.1) is 0 Å². The van der Waals surface area contributed by atoms with Crippen molar-refractivity contribution in [3.63, 3.8) is 0 Å². The second-order valence-corrected chi connectivity index (χ2v) is 4.24. The van der Waals surface area contributed by atoms with Crippen molar-refractivity contribution in [2.24, 2.45) is 5.10 Å². The summed E-state index contributed by atoms with van der Waals surface area (Å²) in [6.07, 6.45) is 0.796. The van der Waals surface area contributed by atoms with Crippen LogP contribution in [-0.2, 0) is 4.74 Å². The largest absolute Gasteiger partial charge is 0.455 e. The fraction of sp³-hybridized carbons (Fsp3) is 0.143. The average Bonchev–Trinajstić information content (AvgIpc) is 2.89. The first-order chi connectivity index (χ1) is 9.69. The van der Waals surface area contributed by atoms with E-state index in [4.69, 9.17) is 16.0 Å². The van der Waals surface area contributed by atoms with E-state index in [1.807, 2.05) is 18.2 Å².